The third-order valence-electron chi connectivity index (χ3n) is 7.95. The number of phenolic OH excluding ortho intramolecular Hbond substituents is 1. The van der Waals surface area contributed by atoms with Crippen molar-refractivity contribution in [1.82, 2.24) is 10.2 Å². The molecule has 3 aromatic rings. The maximum atomic E-state index is 9.90. The zero-order valence-corrected chi connectivity index (χ0v) is 21.6. The molecule has 2 saturated heterocycles. The van der Waals surface area contributed by atoms with Crippen molar-refractivity contribution in [1.29, 1.82) is 0 Å². The summed E-state index contributed by atoms with van der Waals surface area (Å²) in [4.78, 5) is 2.60. The number of allylic oxidation sites excluding steroid dienone is 1. The summed E-state index contributed by atoms with van der Waals surface area (Å²) in [6.07, 6.45) is 4.10. The van der Waals surface area contributed by atoms with Crippen molar-refractivity contribution < 1.29 is 10.2 Å². The summed E-state index contributed by atoms with van der Waals surface area (Å²) in [5.74, 6) is 0.257. The van der Waals surface area contributed by atoms with E-state index in [1.54, 1.807) is 12.1 Å². The first-order valence-electron chi connectivity index (χ1n) is 13.6. The summed E-state index contributed by atoms with van der Waals surface area (Å²) in [5.41, 5.74) is 7.32. The van der Waals surface area contributed by atoms with Gasteiger partial charge >= 0.3 is 0 Å². The molecule has 37 heavy (non-hydrogen) atoms. The number of benzene rings is 3. The fraction of sp³-hybridized carbons (Fsp3) is 0.375. The molecule has 2 aliphatic heterocycles. The Balaban J connectivity index is 1.35. The number of nitrogens with one attached hydrogen (secondary N) is 2. The van der Waals surface area contributed by atoms with Crippen LogP contribution in [-0.4, -0.2) is 61.0 Å². The smallest absolute Gasteiger partial charge is 0.115 e. The molecule has 2 fully saturated rings. The van der Waals surface area contributed by atoms with Crippen molar-refractivity contribution >= 4 is 16.8 Å². The third kappa shape index (κ3) is 6.24. The molecule has 1 spiro atoms. The highest BCUT2D eigenvalue weighted by Crippen LogP contribution is 2.37. The van der Waals surface area contributed by atoms with Crippen LogP contribution in [0, 0.1) is 5.41 Å². The number of phenols is 1. The van der Waals surface area contributed by atoms with Gasteiger partial charge in [0.05, 0.1) is 0 Å². The van der Waals surface area contributed by atoms with E-state index in [2.05, 4.69) is 64.1 Å². The lowest BCUT2D eigenvalue weighted by Crippen LogP contribution is -2.31. The molecule has 0 bridgehead atoms. The van der Waals surface area contributed by atoms with Gasteiger partial charge in [0.15, 0.2) is 0 Å². The Bertz CT molecular complexity index is 1170. The van der Waals surface area contributed by atoms with Gasteiger partial charge < -0.3 is 25.7 Å². The minimum Gasteiger partial charge on any atom is -0.508 e. The van der Waals surface area contributed by atoms with Gasteiger partial charge in [0.25, 0.3) is 0 Å². The molecule has 0 amide bonds. The number of aliphatic hydroxyl groups is 1. The summed E-state index contributed by atoms with van der Waals surface area (Å²) in [5, 5.41) is 26.7. The summed E-state index contributed by atoms with van der Waals surface area (Å²) in [7, 11) is 0. The Morgan fingerprint density at radius 3 is 2.30 bits per heavy atom. The van der Waals surface area contributed by atoms with Crippen molar-refractivity contribution in [3.8, 4) is 5.75 Å². The molecule has 1 unspecified atom stereocenters. The summed E-state index contributed by atoms with van der Waals surface area (Å²) in [6.45, 7) is 6.94. The number of aliphatic hydroxyl groups excluding tert-OH is 1. The lowest BCUT2D eigenvalue weighted by atomic mass is 9.87. The Labute approximate surface area is 220 Å². The van der Waals surface area contributed by atoms with Gasteiger partial charge in [-0.3, -0.25) is 0 Å². The Kier molecular flexibility index (Phi) is 8.24. The Morgan fingerprint density at radius 2 is 1.62 bits per heavy atom. The van der Waals surface area contributed by atoms with Crippen molar-refractivity contribution in [3.05, 3.63) is 95.6 Å². The van der Waals surface area contributed by atoms with Crippen molar-refractivity contribution in [2.24, 2.45) is 5.41 Å². The van der Waals surface area contributed by atoms with Gasteiger partial charge in [0, 0.05) is 38.5 Å². The van der Waals surface area contributed by atoms with E-state index < -0.39 is 0 Å². The molecular weight excluding hydrogens is 458 g/mol. The monoisotopic (exact) mass is 497 g/mol. The van der Waals surface area contributed by atoms with Crippen molar-refractivity contribution in [2.45, 2.75) is 25.7 Å². The molecule has 2 heterocycles. The summed E-state index contributed by atoms with van der Waals surface area (Å²) < 4.78 is 0. The molecule has 5 nitrogen and oxygen atoms in total. The van der Waals surface area contributed by atoms with E-state index >= 15 is 0 Å². The van der Waals surface area contributed by atoms with E-state index in [0.717, 1.165) is 47.5 Å². The first-order chi connectivity index (χ1) is 18.2. The van der Waals surface area contributed by atoms with Crippen LogP contribution in [0.25, 0.3) is 11.1 Å². The van der Waals surface area contributed by atoms with Crippen LogP contribution in [0.15, 0.2) is 78.9 Å². The predicted octanol–water partition coefficient (Wildman–Crippen LogP) is 5.22. The van der Waals surface area contributed by atoms with E-state index in [1.165, 1.54) is 44.6 Å². The van der Waals surface area contributed by atoms with Gasteiger partial charge in [-0.25, -0.2) is 0 Å². The van der Waals surface area contributed by atoms with Crippen LogP contribution in [-0.2, 0) is 0 Å². The number of nitrogens with zero attached hydrogens (tertiary/aromatic N) is 1. The highest BCUT2D eigenvalue weighted by Gasteiger charge is 2.39. The van der Waals surface area contributed by atoms with Crippen molar-refractivity contribution in [2.75, 3.05) is 51.2 Å². The largest absolute Gasteiger partial charge is 0.508 e. The minimum atomic E-state index is 0.150. The molecule has 2 aliphatic rings. The van der Waals surface area contributed by atoms with Crippen LogP contribution in [0.1, 0.15) is 42.4 Å². The number of hydrogen-bond acceptors (Lipinski definition) is 5. The average Bonchev–Trinajstić information content (AvgIpc) is 3.57. The molecular formula is C32H39N3O2. The average molecular weight is 498 g/mol. The second-order valence-electron chi connectivity index (χ2n) is 10.6. The quantitative estimate of drug-likeness (QED) is 0.289. The predicted molar refractivity (Wildman–Crippen MR) is 153 cm³/mol. The first-order valence-corrected chi connectivity index (χ1v) is 13.6. The highest BCUT2D eigenvalue weighted by molar-refractivity contribution is 5.98. The van der Waals surface area contributed by atoms with Gasteiger partial charge in [-0.1, -0.05) is 54.6 Å². The van der Waals surface area contributed by atoms with Gasteiger partial charge in [0.2, 0.25) is 0 Å². The van der Waals surface area contributed by atoms with Crippen LogP contribution < -0.4 is 10.6 Å². The number of aromatic hydroxyl groups is 1. The van der Waals surface area contributed by atoms with Crippen LogP contribution in [0.5, 0.6) is 5.75 Å². The maximum Gasteiger partial charge on any atom is 0.115 e. The molecule has 0 saturated carbocycles. The second kappa shape index (κ2) is 12.0. The molecule has 5 heteroatoms. The minimum absolute atomic E-state index is 0.150. The van der Waals surface area contributed by atoms with E-state index in [4.69, 9.17) is 0 Å². The maximum absolute atomic E-state index is 9.90. The zero-order chi connectivity index (χ0) is 25.5. The van der Waals surface area contributed by atoms with Gasteiger partial charge in [-0.15, -0.1) is 0 Å². The molecule has 0 aromatic heterocycles. The van der Waals surface area contributed by atoms with Crippen LogP contribution in [0.4, 0.5) is 5.69 Å². The molecule has 4 N–H and O–H groups in total. The standard InChI is InChI=1S/C32H39N3O2/c36-22-4-7-30(25-5-2-1-3-6-25)31(27-10-14-29(37)15-11-27)26-8-12-28(13-9-26)34-19-21-35-20-17-32(24-35)16-18-33-23-32/h1-3,5-6,8-15,33-34,36-37H,4,7,16-24H2/b31-30+. The number of hydrogen-bond donors (Lipinski definition) is 4. The van der Waals surface area contributed by atoms with Crippen LogP contribution in [0.3, 0.4) is 0 Å². The molecule has 1 atom stereocenters. The van der Waals surface area contributed by atoms with E-state index in [9.17, 15) is 10.2 Å². The van der Waals surface area contributed by atoms with Crippen LogP contribution in [0.2, 0.25) is 0 Å². The fourth-order valence-electron chi connectivity index (χ4n) is 5.93. The zero-order valence-electron chi connectivity index (χ0n) is 21.6. The first kappa shape index (κ1) is 25.5. The molecule has 5 rings (SSSR count). The SMILES string of the molecule is OCCC/C(=C(\c1ccc(O)cc1)c1ccc(NCCN2CCC3(CCNC3)C2)cc1)c1ccccc1. The van der Waals surface area contributed by atoms with Gasteiger partial charge in [-0.05, 0) is 96.3 Å². The van der Waals surface area contributed by atoms with Gasteiger partial charge in [0.1, 0.15) is 5.75 Å². The summed E-state index contributed by atoms with van der Waals surface area (Å²) in [6, 6.07) is 26.5. The molecule has 194 valence electrons. The Hall–Kier alpha value is -3.12. The van der Waals surface area contributed by atoms with E-state index in [0.29, 0.717) is 11.8 Å². The highest BCUT2D eigenvalue weighted by atomic mass is 16.3. The number of likely N-dealkylation sites (tertiary alicyclic amines) is 1. The lowest BCUT2D eigenvalue weighted by molar-refractivity contribution is 0.281. The number of anilines is 1. The number of rotatable bonds is 10. The normalized spacial score (nSPS) is 20.4. The topological polar surface area (TPSA) is 67.8 Å². The second-order valence-corrected chi connectivity index (χ2v) is 10.6. The Morgan fingerprint density at radius 1 is 0.892 bits per heavy atom. The molecule has 0 aliphatic carbocycles. The summed E-state index contributed by atoms with van der Waals surface area (Å²) >= 11 is 0. The fourth-order valence-corrected chi connectivity index (χ4v) is 5.93. The molecule has 0 radical (unpaired) electrons. The van der Waals surface area contributed by atoms with E-state index in [-0.39, 0.29) is 12.4 Å². The van der Waals surface area contributed by atoms with Crippen molar-refractivity contribution in [3.63, 3.8) is 0 Å². The molecule has 3 aromatic carbocycles. The van der Waals surface area contributed by atoms with Gasteiger partial charge in [-0.2, -0.15) is 0 Å². The lowest BCUT2D eigenvalue weighted by Gasteiger charge is -2.23. The third-order valence-corrected chi connectivity index (χ3v) is 7.95. The van der Waals surface area contributed by atoms with Crippen LogP contribution >= 0.6 is 0 Å². The van der Waals surface area contributed by atoms with E-state index in [1.807, 2.05) is 18.2 Å².